The quantitative estimate of drug-likeness (QED) is 0.743. The van der Waals surface area contributed by atoms with Crippen LogP contribution >= 0.6 is 0 Å². The molecule has 0 fully saturated rings. The van der Waals surface area contributed by atoms with E-state index < -0.39 is 18.3 Å². The van der Waals surface area contributed by atoms with Crippen LogP contribution in [-0.4, -0.2) is 54.0 Å². The predicted molar refractivity (Wildman–Crippen MR) is 66.5 cm³/mol. The van der Waals surface area contributed by atoms with Crippen LogP contribution in [0.3, 0.4) is 0 Å². The number of halogens is 3. The smallest absolute Gasteiger partial charge is 0.394 e. The number of alkyl halides is 3. The van der Waals surface area contributed by atoms with Gasteiger partial charge in [-0.3, -0.25) is 4.90 Å². The zero-order valence-corrected chi connectivity index (χ0v) is 11.8. The summed E-state index contributed by atoms with van der Waals surface area (Å²) in [5.74, 6) is 0. The van der Waals surface area contributed by atoms with Crippen LogP contribution in [0.25, 0.3) is 0 Å². The monoisotopic (exact) mass is 270 g/mol. The molecular formula is C12H25F3N2O. The summed E-state index contributed by atoms with van der Waals surface area (Å²) >= 11 is 0. The highest BCUT2D eigenvalue weighted by Gasteiger charge is 2.33. The van der Waals surface area contributed by atoms with Gasteiger partial charge < -0.3 is 10.4 Å². The Hall–Kier alpha value is -0.330. The van der Waals surface area contributed by atoms with Crippen molar-refractivity contribution >= 4 is 0 Å². The first-order valence-corrected chi connectivity index (χ1v) is 6.14. The SMILES string of the molecule is CC(C)NC(C)(CO)CC(C)N(C)CC(F)(F)F. The summed E-state index contributed by atoms with van der Waals surface area (Å²) in [4.78, 5) is 1.26. The third kappa shape index (κ3) is 7.18. The minimum Gasteiger partial charge on any atom is -0.394 e. The highest BCUT2D eigenvalue weighted by molar-refractivity contribution is 4.88. The predicted octanol–water partition coefficient (Wildman–Crippen LogP) is 2.01. The average molecular weight is 270 g/mol. The number of nitrogens with one attached hydrogen (secondary N) is 1. The Morgan fingerprint density at radius 1 is 1.22 bits per heavy atom. The van der Waals surface area contributed by atoms with Gasteiger partial charge in [0.2, 0.25) is 0 Å². The lowest BCUT2D eigenvalue weighted by atomic mass is 9.93. The molecule has 0 aromatic carbocycles. The van der Waals surface area contributed by atoms with Gasteiger partial charge in [0.15, 0.2) is 0 Å². The molecule has 0 aliphatic heterocycles. The lowest BCUT2D eigenvalue weighted by molar-refractivity contribution is -0.147. The number of rotatable bonds is 7. The Balaban J connectivity index is 4.46. The molecule has 0 aromatic heterocycles. The average Bonchev–Trinajstić information content (AvgIpc) is 2.13. The minimum absolute atomic E-state index is 0.102. The van der Waals surface area contributed by atoms with Gasteiger partial charge in [-0.15, -0.1) is 0 Å². The van der Waals surface area contributed by atoms with Gasteiger partial charge in [0, 0.05) is 17.6 Å². The van der Waals surface area contributed by atoms with Gasteiger partial charge in [0.1, 0.15) is 0 Å². The number of aliphatic hydroxyl groups excluding tert-OH is 1. The van der Waals surface area contributed by atoms with E-state index >= 15 is 0 Å². The van der Waals surface area contributed by atoms with Crippen molar-refractivity contribution in [1.82, 2.24) is 10.2 Å². The summed E-state index contributed by atoms with van der Waals surface area (Å²) < 4.78 is 36.9. The van der Waals surface area contributed by atoms with Crippen LogP contribution in [0.15, 0.2) is 0 Å². The van der Waals surface area contributed by atoms with E-state index in [4.69, 9.17) is 0 Å². The van der Waals surface area contributed by atoms with Crippen LogP contribution in [-0.2, 0) is 0 Å². The van der Waals surface area contributed by atoms with Crippen LogP contribution in [0, 0.1) is 0 Å². The molecule has 0 saturated carbocycles. The molecule has 0 amide bonds. The molecule has 110 valence electrons. The zero-order chi connectivity index (χ0) is 14.6. The zero-order valence-electron chi connectivity index (χ0n) is 11.8. The van der Waals surface area contributed by atoms with Gasteiger partial charge in [-0.05, 0) is 27.3 Å². The Bertz CT molecular complexity index is 246. The van der Waals surface area contributed by atoms with Crippen LogP contribution < -0.4 is 5.32 Å². The Labute approximate surface area is 107 Å². The van der Waals surface area contributed by atoms with E-state index in [0.717, 1.165) is 0 Å². The molecular weight excluding hydrogens is 245 g/mol. The molecule has 0 bridgehead atoms. The Morgan fingerprint density at radius 2 is 1.72 bits per heavy atom. The lowest BCUT2D eigenvalue weighted by Gasteiger charge is -2.36. The first-order chi connectivity index (χ1) is 7.99. The molecule has 0 spiro atoms. The molecule has 0 heterocycles. The van der Waals surface area contributed by atoms with Gasteiger partial charge in [0.05, 0.1) is 13.2 Å². The molecule has 0 aromatic rings. The van der Waals surface area contributed by atoms with Crippen LogP contribution in [0.4, 0.5) is 13.2 Å². The third-order valence-corrected chi connectivity index (χ3v) is 2.91. The van der Waals surface area contributed by atoms with Crippen molar-refractivity contribution in [2.24, 2.45) is 0 Å². The lowest BCUT2D eigenvalue weighted by Crippen LogP contribution is -2.53. The van der Waals surface area contributed by atoms with Crippen LogP contribution in [0.2, 0.25) is 0 Å². The second-order valence-electron chi connectivity index (χ2n) is 5.60. The van der Waals surface area contributed by atoms with E-state index in [1.165, 1.54) is 11.9 Å². The summed E-state index contributed by atoms with van der Waals surface area (Å²) in [5, 5.41) is 12.6. The van der Waals surface area contributed by atoms with Crippen molar-refractivity contribution in [3.63, 3.8) is 0 Å². The second kappa shape index (κ2) is 6.73. The van der Waals surface area contributed by atoms with E-state index in [9.17, 15) is 18.3 Å². The third-order valence-electron chi connectivity index (χ3n) is 2.91. The van der Waals surface area contributed by atoms with Crippen LogP contribution in [0.1, 0.15) is 34.1 Å². The molecule has 2 unspecified atom stereocenters. The summed E-state index contributed by atoms with van der Waals surface area (Å²) in [6.07, 6.45) is -3.74. The highest BCUT2D eigenvalue weighted by Crippen LogP contribution is 2.21. The van der Waals surface area contributed by atoms with E-state index in [2.05, 4.69) is 5.32 Å². The molecule has 0 aliphatic carbocycles. The Kier molecular flexibility index (Phi) is 6.60. The van der Waals surface area contributed by atoms with Gasteiger partial charge in [-0.2, -0.15) is 13.2 Å². The molecule has 3 nitrogen and oxygen atoms in total. The molecule has 2 N–H and O–H groups in total. The maximum atomic E-state index is 12.3. The summed E-state index contributed by atoms with van der Waals surface area (Å²) in [5.41, 5.74) is -0.562. The standard InChI is InChI=1S/C12H25F3N2O/c1-9(2)16-11(4,8-18)6-10(3)17(5)7-12(13,14)15/h9-10,16,18H,6-8H2,1-5H3. The fourth-order valence-electron chi connectivity index (χ4n) is 2.11. The van der Waals surface area contributed by atoms with E-state index in [1.54, 1.807) is 6.92 Å². The van der Waals surface area contributed by atoms with Gasteiger partial charge in [-0.25, -0.2) is 0 Å². The van der Waals surface area contributed by atoms with E-state index in [1.807, 2.05) is 20.8 Å². The Morgan fingerprint density at radius 3 is 2.06 bits per heavy atom. The largest absolute Gasteiger partial charge is 0.401 e. The first kappa shape index (κ1) is 17.7. The number of nitrogens with zero attached hydrogens (tertiary/aromatic N) is 1. The molecule has 0 rings (SSSR count). The van der Waals surface area contributed by atoms with Crippen molar-refractivity contribution in [3.8, 4) is 0 Å². The van der Waals surface area contributed by atoms with E-state index in [-0.39, 0.29) is 18.7 Å². The number of hydrogen-bond acceptors (Lipinski definition) is 3. The van der Waals surface area contributed by atoms with Gasteiger partial charge in [0.25, 0.3) is 0 Å². The fourth-order valence-corrected chi connectivity index (χ4v) is 2.11. The van der Waals surface area contributed by atoms with Gasteiger partial charge >= 0.3 is 6.18 Å². The normalized spacial score (nSPS) is 18.2. The second-order valence-corrected chi connectivity index (χ2v) is 5.60. The van der Waals surface area contributed by atoms with Crippen LogP contribution in [0.5, 0.6) is 0 Å². The molecule has 18 heavy (non-hydrogen) atoms. The van der Waals surface area contributed by atoms with Crippen molar-refractivity contribution in [1.29, 1.82) is 0 Å². The highest BCUT2D eigenvalue weighted by atomic mass is 19.4. The number of aliphatic hydroxyl groups is 1. The van der Waals surface area contributed by atoms with Crippen molar-refractivity contribution < 1.29 is 18.3 Å². The fraction of sp³-hybridized carbons (Fsp3) is 1.00. The molecule has 0 saturated heterocycles. The first-order valence-electron chi connectivity index (χ1n) is 6.14. The topological polar surface area (TPSA) is 35.5 Å². The molecule has 6 heteroatoms. The minimum atomic E-state index is -4.19. The maximum absolute atomic E-state index is 12.3. The van der Waals surface area contributed by atoms with Crippen molar-refractivity contribution in [2.45, 2.75) is 57.9 Å². The van der Waals surface area contributed by atoms with Crippen molar-refractivity contribution in [3.05, 3.63) is 0 Å². The van der Waals surface area contributed by atoms with Crippen molar-refractivity contribution in [2.75, 3.05) is 20.2 Å². The molecule has 0 radical (unpaired) electrons. The molecule has 0 aliphatic rings. The summed E-state index contributed by atoms with van der Waals surface area (Å²) in [7, 11) is 1.45. The molecule has 2 atom stereocenters. The number of hydrogen-bond donors (Lipinski definition) is 2. The summed E-state index contributed by atoms with van der Waals surface area (Å²) in [6.45, 7) is 6.41. The maximum Gasteiger partial charge on any atom is 0.401 e. The van der Waals surface area contributed by atoms with Gasteiger partial charge in [-0.1, -0.05) is 13.8 Å². The van der Waals surface area contributed by atoms with E-state index in [0.29, 0.717) is 6.42 Å². The summed E-state index contributed by atoms with van der Waals surface area (Å²) in [6, 6.07) is -0.0997.